The van der Waals surface area contributed by atoms with Gasteiger partial charge in [0.15, 0.2) is 0 Å². The van der Waals surface area contributed by atoms with Gasteiger partial charge >= 0.3 is 137 Å². The molecule has 0 bridgehead atoms. The Bertz CT molecular complexity index is 758. The third-order valence-corrected chi connectivity index (χ3v) is 22.9. The summed E-state index contributed by atoms with van der Waals surface area (Å²) >= 11 is -2.99. The van der Waals surface area contributed by atoms with Gasteiger partial charge < -0.3 is 0 Å². The molecule has 2 aliphatic rings. The average molecular weight is 463 g/mol. The van der Waals surface area contributed by atoms with Crippen molar-refractivity contribution in [3.63, 3.8) is 0 Å². The molecule has 0 heterocycles. The van der Waals surface area contributed by atoms with Crippen molar-refractivity contribution in [3.8, 4) is 0 Å². The second kappa shape index (κ2) is 8.18. The first kappa shape index (κ1) is 22.1. The number of halogens is 2. The molecule has 0 radical (unpaired) electrons. The van der Waals surface area contributed by atoms with Gasteiger partial charge in [0.2, 0.25) is 0 Å². The molecule has 0 aromatic heterocycles. The second-order valence-corrected chi connectivity index (χ2v) is 37.5. The number of fused-ring (bicyclic) bond motifs is 1. The quantitative estimate of drug-likeness (QED) is 0.616. The van der Waals surface area contributed by atoms with Crippen LogP contribution in [-0.2, 0) is 17.4 Å². The molecule has 0 aliphatic heterocycles. The molecule has 1 aromatic rings. The van der Waals surface area contributed by atoms with E-state index in [1.54, 1.807) is 3.28 Å². The number of benzene rings is 1. The molecule has 2 aliphatic carbocycles. The molecule has 5 heteroatoms. The molecule has 1 aromatic carbocycles. The predicted molar refractivity (Wildman–Crippen MR) is 110 cm³/mol. The van der Waals surface area contributed by atoms with Crippen molar-refractivity contribution in [2.75, 3.05) is 6.61 Å². The Hall–Kier alpha value is 0.0800. The van der Waals surface area contributed by atoms with Crippen LogP contribution in [0.5, 0.6) is 0 Å². The molecule has 0 spiro atoms. The molecule has 0 fully saturated rings. The zero-order chi connectivity index (χ0) is 15.8. The summed E-state index contributed by atoms with van der Waals surface area (Å²) in [6.45, 7) is 2.63. The van der Waals surface area contributed by atoms with Gasteiger partial charge in [0.05, 0.1) is 0 Å². The van der Waals surface area contributed by atoms with Gasteiger partial charge in [-0.2, -0.15) is 0 Å². The van der Waals surface area contributed by atoms with E-state index in [0.29, 0.717) is 10.2 Å². The summed E-state index contributed by atoms with van der Waals surface area (Å²) in [5.74, 6) is 0. The fourth-order valence-electron chi connectivity index (χ4n) is 3.87. The van der Waals surface area contributed by atoms with Crippen molar-refractivity contribution >= 4 is 37.8 Å². The summed E-state index contributed by atoms with van der Waals surface area (Å²) in [6.07, 6.45) is 12.7. The van der Waals surface area contributed by atoms with E-state index in [2.05, 4.69) is 64.7 Å². The molecule has 1 unspecified atom stereocenters. The van der Waals surface area contributed by atoms with Crippen LogP contribution < -0.4 is 0 Å². The van der Waals surface area contributed by atoms with Gasteiger partial charge in [-0.05, 0) is 0 Å². The summed E-state index contributed by atoms with van der Waals surface area (Å²) in [5, 5.41) is 9.04. The molecule has 1 atom stereocenters. The van der Waals surface area contributed by atoms with Crippen LogP contribution >= 0.6 is 24.8 Å². The molecular formula is C19H28Cl2OSiZr. The minimum absolute atomic E-state index is 0. The topological polar surface area (TPSA) is 20.2 Å². The summed E-state index contributed by atoms with van der Waals surface area (Å²) in [7, 11) is 0. The standard InChI is InChI=1S/C9H7.C8H11O.2CH3.2ClH.H2Si.Zr/c1-2-5-9-7-3-6-8(9)4-1;9-7-3-6-8-4-1-2-5-8;;;;;;/h1-7H;4-5,9H,1,3,6-7H2;2*1H3;2*1H;1H2;. The van der Waals surface area contributed by atoms with E-state index in [4.69, 9.17) is 5.11 Å². The van der Waals surface area contributed by atoms with Crippen molar-refractivity contribution in [1.29, 1.82) is 0 Å². The van der Waals surface area contributed by atoms with Crippen LogP contribution in [0.3, 0.4) is 0 Å². The first-order valence-corrected chi connectivity index (χ1v) is 21.7. The molecule has 24 heavy (non-hydrogen) atoms. The van der Waals surface area contributed by atoms with Gasteiger partial charge in [-0.1, -0.05) is 0 Å². The van der Waals surface area contributed by atoms with Crippen LogP contribution in [0.2, 0.25) is 9.26 Å². The Morgan fingerprint density at radius 2 is 1.92 bits per heavy atom. The Morgan fingerprint density at radius 1 is 1.21 bits per heavy atom. The maximum atomic E-state index is 9.04. The molecule has 3 rings (SSSR count). The van der Waals surface area contributed by atoms with E-state index in [1.165, 1.54) is 16.7 Å². The molecule has 1 N–H and O–H groups in total. The van der Waals surface area contributed by atoms with E-state index in [-0.39, 0.29) is 24.8 Å². The van der Waals surface area contributed by atoms with Gasteiger partial charge in [-0.15, -0.1) is 24.8 Å². The molecule has 0 saturated carbocycles. The Kier molecular flexibility index (Phi) is 7.54. The molecule has 1 nitrogen and oxygen atoms in total. The number of hydrogen-bond donors (Lipinski definition) is 1. The second-order valence-electron chi connectivity index (χ2n) is 7.76. The first-order chi connectivity index (χ1) is 10.4. The summed E-state index contributed by atoms with van der Waals surface area (Å²) < 4.78 is 7.56. The third kappa shape index (κ3) is 4.07. The first-order valence-electron chi connectivity index (χ1n) is 8.26. The van der Waals surface area contributed by atoms with E-state index in [9.17, 15) is 0 Å². The van der Waals surface area contributed by atoms with Gasteiger partial charge in [0, 0.05) is 0 Å². The zero-order valence-corrected chi connectivity index (χ0v) is 20.0. The number of allylic oxidation sites excluding steroid dienone is 5. The Labute approximate surface area is 160 Å². The summed E-state index contributed by atoms with van der Waals surface area (Å²) in [5.41, 5.74) is 4.39. The Balaban J connectivity index is 0.00000144. The van der Waals surface area contributed by atoms with Crippen LogP contribution in [0, 0.1) is 0 Å². The fourth-order valence-corrected chi connectivity index (χ4v) is 16.8. The minimum atomic E-state index is -2.99. The van der Waals surface area contributed by atoms with Crippen molar-refractivity contribution in [1.82, 2.24) is 0 Å². The average Bonchev–Trinajstić information content (AvgIpc) is 3.12. The molecule has 0 amide bonds. The molecule has 0 saturated heterocycles. The van der Waals surface area contributed by atoms with Crippen molar-refractivity contribution in [3.05, 3.63) is 62.5 Å². The van der Waals surface area contributed by atoms with Gasteiger partial charge in [0.25, 0.3) is 0 Å². The third-order valence-electron chi connectivity index (χ3n) is 5.42. The predicted octanol–water partition coefficient (Wildman–Crippen LogP) is 4.92. The van der Waals surface area contributed by atoms with E-state index in [0.717, 1.165) is 19.3 Å². The normalized spacial score (nSPS) is 19.1. The van der Waals surface area contributed by atoms with Crippen LogP contribution in [0.15, 0.2) is 51.3 Å². The molecular weight excluding hydrogens is 434 g/mol. The van der Waals surface area contributed by atoms with Gasteiger partial charge in [-0.25, -0.2) is 0 Å². The van der Waals surface area contributed by atoms with Crippen LogP contribution in [0.25, 0.3) is 6.08 Å². The number of aliphatic hydroxyl groups is 1. The number of rotatable bonds is 5. The van der Waals surface area contributed by atoms with Gasteiger partial charge in [-0.3, -0.25) is 0 Å². The monoisotopic (exact) mass is 460 g/mol. The van der Waals surface area contributed by atoms with Crippen LogP contribution in [0.1, 0.15) is 34.0 Å². The van der Waals surface area contributed by atoms with Crippen LogP contribution in [-0.4, -0.2) is 18.6 Å². The van der Waals surface area contributed by atoms with Crippen molar-refractivity contribution in [2.24, 2.45) is 0 Å². The summed E-state index contributed by atoms with van der Waals surface area (Å²) in [4.78, 5) is 0. The fraction of sp³-hybridized carbons (Fsp3) is 0.368. The zero-order valence-electron chi connectivity index (χ0n) is 14.5. The van der Waals surface area contributed by atoms with Crippen molar-refractivity contribution < 1.29 is 22.5 Å². The number of aliphatic hydroxyl groups excluding tert-OH is 1. The van der Waals surface area contributed by atoms with E-state index >= 15 is 0 Å². The maximum absolute atomic E-state index is 9.04. The molecule has 132 valence electrons. The van der Waals surface area contributed by atoms with E-state index < -0.39 is 17.4 Å². The van der Waals surface area contributed by atoms with Gasteiger partial charge in [0.1, 0.15) is 0 Å². The Morgan fingerprint density at radius 3 is 2.62 bits per heavy atom. The number of hydrogen-bond acceptors (Lipinski definition) is 1. The van der Waals surface area contributed by atoms with Crippen molar-refractivity contribution in [2.45, 2.75) is 32.2 Å². The van der Waals surface area contributed by atoms with Crippen LogP contribution in [0.4, 0.5) is 0 Å². The van der Waals surface area contributed by atoms with E-state index in [1.807, 2.05) is 0 Å². The SMILES string of the molecule is Cl.Cl.[CH3][Zr]([CH3])(=[SiH2])([C]1=CC(CCCO)=CC1)[CH]1C=Cc2ccccc21. The summed E-state index contributed by atoms with van der Waals surface area (Å²) in [6, 6.07) is 8.89.